The fourth-order valence-corrected chi connectivity index (χ4v) is 4.65. The molecular weight excluding hydrogens is 536 g/mol. The molecule has 0 spiro atoms. The third kappa shape index (κ3) is 9.78. The zero-order valence-electron chi connectivity index (χ0n) is 25.9. The van der Waals surface area contributed by atoms with Gasteiger partial charge in [-0.25, -0.2) is 4.79 Å². The average Bonchev–Trinajstić information content (AvgIpc) is 2.89. The summed E-state index contributed by atoms with van der Waals surface area (Å²) in [7, 11) is 0. The second kappa shape index (κ2) is 15.2. The van der Waals surface area contributed by atoms with Crippen LogP contribution in [0.5, 0.6) is 5.75 Å². The first-order valence-electron chi connectivity index (χ1n) is 14.4. The SMILES string of the molecule is CCCCCN(C(=O)C(CCC(N)=O)NC(=O)OC(C)(C)C)C(C(=O)Nc1c(C)cccc1C)c1cccc(C)c1O. The lowest BCUT2D eigenvalue weighted by Crippen LogP contribution is -2.53. The number of nitrogens with one attached hydrogen (secondary N) is 2. The van der Waals surface area contributed by atoms with Gasteiger partial charge in [-0.05, 0) is 71.1 Å². The molecule has 2 rings (SSSR count). The van der Waals surface area contributed by atoms with Gasteiger partial charge in [-0.2, -0.15) is 0 Å². The molecule has 0 radical (unpaired) electrons. The standard InChI is InChI=1S/C32H46N4O6/c1-8-9-10-19-36(30(40)24(17-18-25(33)37)34-31(41)42-32(5,6)7)27(23-16-12-15-22(4)28(23)38)29(39)35-26-20(2)13-11-14-21(26)3/h11-16,24,27,38H,8-10,17-19H2,1-7H3,(H2,33,37)(H,34,41)(H,35,39). The van der Waals surface area contributed by atoms with Gasteiger partial charge in [0.15, 0.2) is 0 Å². The normalized spacial score (nSPS) is 12.6. The number of phenolic OH excluding ortho intramolecular Hbond substituents is 1. The van der Waals surface area contributed by atoms with Gasteiger partial charge < -0.3 is 31.1 Å². The van der Waals surface area contributed by atoms with Gasteiger partial charge in [0.2, 0.25) is 11.8 Å². The second-order valence-corrected chi connectivity index (χ2v) is 11.6. The van der Waals surface area contributed by atoms with Crippen molar-refractivity contribution in [2.24, 2.45) is 5.73 Å². The molecule has 4 amide bonds. The number of anilines is 1. The molecule has 2 aromatic carbocycles. The van der Waals surface area contributed by atoms with E-state index in [1.54, 1.807) is 45.9 Å². The van der Waals surface area contributed by atoms with Crippen LogP contribution in [-0.2, 0) is 19.1 Å². The monoisotopic (exact) mass is 582 g/mol. The van der Waals surface area contributed by atoms with E-state index in [1.807, 2.05) is 39.0 Å². The summed E-state index contributed by atoms with van der Waals surface area (Å²) in [6.07, 6.45) is 1.09. The Labute approximate surface area is 249 Å². The highest BCUT2D eigenvalue weighted by Crippen LogP contribution is 2.34. The number of unbranched alkanes of at least 4 members (excludes halogenated alkanes) is 2. The zero-order valence-corrected chi connectivity index (χ0v) is 25.9. The van der Waals surface area contributed by atoms with Crippen molar-refractivity contribution < 1.29 is 29.0 Å². The van der Waals surface area contributed by atoms with E-state index < -0.39 is 41.5 Å². The Balaban J connectivity index is 2.65. The number of ether oxygens (including phenoxy) is 1. The number of carbonyl (C=O) groups excluding carboxylic acids is 4. The van der Waals surface area contributed by atoms with Gasteiger partial charge in [0.05, 0.1) is 0 Å². The minimum absolute atomic E-state index is 0.0945. The van der Waals surface area contributed by atoms with Crippen LogP contribution in [0.1, 0.15) is 88.1 Å². The summed E-state index contributed by atoms with van der Waals surface area (Å²) < 4.78 is 5.38. The van der Waals surface area contributed by atoms with Crippen LogP contribution in [0.25, 0.3) is 0 Å². The number of para-hydroxylation sites is 2. The molecule has 0 heterocycles. The van der Waals surface area contributed by atoms with Crippen molar-refractivity contribution in [2.75, 3.05) is 11.9 Å². The third-order valence-corrected chi connectivity index (χ3v) is 6.81. The highest BCUT2D eigenvalue weighted by Gasteiger charge is 2.38. The molecule has 0 saturated carbocycles. The summed E-state index contributed by atoms with van der Waals surface area (Å²) in [5, 5.41) is 16.7. The molecule has 10 nitrogen and oxygen atoms in total. The van der Waals surface area contributed by atoms with Crippen molar-refractivity contribution in [1.29, 1.82) is 0 Å². The lowest BCUT2D eigenvalue weighted by Gasteiger charge is -2.35. The maximum Gasteiger partial charge on any atom is 0.408 e. The van der Waals surface area contributed by atoms with Gasteiger partial charge in [0.25, 0.3) is 5.91 Å². The maximum absolute atomic E-state index is 14.3. The number of phenols is 1. The van der Waals surface area contributed by atoms with Crippen LogP contribution in [-0.4, -0.2) is 52.0 Å². The maximum atomic E-state index is 14.3. The summed E-state index contributed by atoms with van der Waals surface area (Å²) in [6.45, 7) is 12.7. The Kier molecular flexibility index (Phi) is 12.4. The summed E-state index contributed by atoms with van der Waals surface area (Å²) in [4.78, 5) is 54.3. The largest absolute Gasteiger partial charge is 0.507 e. The molecule has 2 atom stereocenters. The molecule has 2 aromatic rings. The number of benzene rings is 2. The topological polar surface area (TPSA) is 151 Å². The number of hydrogen-bond donors (Lipinski definition) is 4. The van der Waals surface area contributed by atoms with Crippen molar-refractivity contribution in [3.05, 3.63) is 58.7 Å². The molecule has 0 aliphatic carbocycles. The molecule has 10 heteroatoms. The van der Waals surface area contributed by atoms with Crippen LogP contribution in [0.3, 0.4) is 0 Å². The van der Waals surface area contributed by atoms with Crippen LogP contribution < -0.4 is 16.4 Å². The predicted molar refractivity (Wildman–Crippen MR) is 163 cm³/mol. The average molecular weight is 583 g/mol. The van der Waals surface area contributed by atoms with Crippen LogP contribution in [0.4, 0.5) is 10.5 Å². The van der Waals surface area contributed by atoms with E-state index in [1.165, 1.54) is 4.90 Å². The lowest BCUT2D eigenvalue weighted by molar-refractivity contribution is -0.141. The van der Waals surface area contributed by atoms with E-state index in [0.717, 1.165) is 24.0 Å². The van der Waals surface area contributed by atoms with Crippen molar-refractivity contribution in [1.82, 2.24) is 10.2 Å². The zero-order chi connectivity index (χ0) is 31.6. The van der Waals surface area contributed by atoms with E-state index in [2.05, 4.69) is 10.6 Å². The van der Waals surface area contributed by atoms with Gasteiger partial charge in [-0.1, -0.05) is 56.2 Å². The Morgan fingerprint density at radius 2 is 1.57 bits per heavy atom. The molecule has 0 aliphatic heterocycles. The minimum Gasteiger partial charge on any atom is -0.507 e. The van der Waals surface area contributed by atoms with Crippen molar-refractivity contribution in [3.63, 3.8) is 0 Å². The van der Waals surface area contributed by atoms with Crippen molar-refractivity contribution >= 4 is 29.5 Å². The number of nitrogens with two attached hydrogens (primary N) is 1. The summed E-state index contributed by atoms with van der Waals surface area (Å²) >= 11 is 0. The molecule has 0 bridgehead atoms. The molecule has 42 heavy (non-hydrogen) atoms. The van der Waals surface area contributed by atoms with Crippen LogP contribution in [0.15, 0.2) is 36.4 Å². The van der Waals surface area contributed by atoms with Gasteiger partial charge in [0.1, 0.15) is 23.4 Å². The van der Waals surface area contributed by atoms with E-state index in [9.17, 15) is 24.3 Å². The van der Waals surface area contributed by atoms with Gasteiger partial charge in [-0.3, -0.25) is 14.4 Å². The molecule has 0 aliphatic rings. The van der Waals surface area contributed by atoms with Gasteiger partial charge in [0, 0.05) is 24.2 Å². The van der Waals surface area contributed by atoms with E-state index >= 15 is 0 Å². The number of amides is 4. The first-order valence-corrected chi connectivity index (χ1v) is 14.4. The minimum atomic E-state index is -1.25. The number of aromatic hydroxyl groups is 1. The smallest absolute Gasteiger partial charge is 0.408 e. The number of aryl methyl sites for hydroxylation is 3. The fraction of sp³-hybridized carbons (Fsp3) is 0.500. The van der Waals surface area contributed by atoms with Gasteiger partial charge in [-0.15, -0.1) is 0 Å². The number of nitrogens with zero attached hydrogens (tertiary/aromatic N) is 1. The number of rotatable bonds is 13. The number of primary amides is 1. The molecule has 230 valence electrons. The van der Waals surface area contributed by atoms with Crippen LogP contribution in [0, 0.1) is 20.8 Å². The summed E-state index contributed by atoms with van der Waals surface area (Å²) in [5.41, 5.74) is 7.63. The summed E-state index contributed by atoms with van der Waals surface area (Å²) in [6, 6.07) is 8.20. The molecule has 0 aromatic heterocycles. The lowest BCUT2D eigenvalue weighted by atomic mass is 9.97. The van der Waals surface area contributed by atoms with Crippen LogP contribution in [0.2, 0.25) is 0 Å². The fourth-order valence-electron chi connectivity index (χ4n) is 4.65. The molecule has 0 fully saturated rings. The number of hydrogen-bond acceptors (Lipinski definition) is 6. The number of alkyl carbamates (subject to hydrolysis) is 1. The molecule has 5 N–H and O–H groups in total. The Morgan fingerprint density at radius 3 is 2.14 bits per heavy atom. The highest BCUT2D eigenvalue weighted by atomic mass is 16.6. The van der Waals surface area contributed by atoms with E-state index in [4.69, 9.17) is 10.5 Å². The highest BCUT2D eigenvalue weighted by molar-refractivity contribution is 6.00. The number of carbonyl (C=O) groups is 4. The van der Waals surface area contributed by atoms with Crippen LogP contribution >= 0.6 is 0 Å². The Bertz CT molecular complexity index is 1250. The van der Waals surface area contributed by atoms with Crippen molar-refractivity contribution in [3.8, 4) is 5.75 Å². The molecular formula is C32H46N4O6. The third-order valence-electron chi connectivity index (χ3n) is 6.81. The van der Waals surface area contributed by atoms with E-state index in [-0.39, 0.29) is 30.7 Å². The summed E-state index contributed by atoms with van der Waals surface area (Å²) in [5.74, 6) is -1.87. The Hall–Kier alpha value is -4.08. The molecule has 2 unspecified atom stereocenters. The van der Waals surface area contributed by atoms with Crippen molar-refractivity contribution in [2.45, 2.75) is 98.3 Å². The quantitative estimate of drug-likeness (QED) is 0.239. The predicted octanol–water partition coefficient (Wildman–Crippen LogP) is 5.17. The second-order valence-electron chi connectivity index (χ2n) is 11.6. The van der Waals surface area contributed by atoms with Gasteiger partial charge >= 0.3 is 6.09 Å². The first kappa shape index (κ1) is 34.1. The van der Waals surface area contributed by atoms with E-state index in [0.29, 0.717) is 17.7 Å². The Morgan fingerprint density at radius 1 is 0.976 bits per heavy atom. The molecule has 0 saturated heterocycles. The first-order chi connectivity index (χ1) is 19.7.